The number of para-hydroxylation sites is 1. The maximum Gasteiger partial charge on any atom is 0.325 e. The van der Waals surface area contributed by atoms with Gasteiger partial charge in [0.2, 0.25) is 0 Å². The normalized spacial score (nSPS) is 10.1. The Labute approximate surface area is 172 Å². The number of non-ortho nitro benzene ring substituents is 1. The van der Waals surface area contributed by atoms with Gasteiger partial charge in [0.05, 0.1) is 4.92 Å². The molecule has 0 aromatic heterocycles. The highest BCUT2D eigenvalue weighted by atomic mass is 16.6. The Morgan fingerprint density at radius 3 is 2.13 bits per heavy atom. The number of nitro benzene ring substituents is 1. The molecule has 0 saturated heterocycles. The van der Waals surface area contributed by atoms with E-state index < -0.39 is 16.8 Å². The molecule has 0 aliphatic rings. The summed E-state index contributed by atoms with van der Waals surface area (Å²) >= 11 is 0. The highest BCUT2D eigenvalue weighted by Gasteiger charge is 2.10. The average molecular weight is 406 g/mol. The third-order valence-corrected chi connectivity index (χ3v) is 4.04. The quantitative estimate of drug-likeness (QED) is 0.346. The van der Waals surface area contributed by atoms with Crippen LogP contribution in [0, 0.1) is 10.1 Å². The van der Waals surface area contributed by atoms with E-state index >= 15 is 0 Å². The minimum atomic E-state index is -0.620. The van der Waals surface area contributed by atoms with E-state index in [0.29, 0.717) is 22.6 Å². The first-order valence-electron chi connectivity index (χ1n) is 9.01. The average Bonchev–Trinajstić information content (AvgIpc) is 2.77. The molecular formula is C22H18N2O6. The van der Waals surface area contributed by atoms with Gasteiger partial charge in [0.1, 0.15) is 24.7 Å². The van der Waals surface area contributed by atoms with Crippen molar-refractivity contribution in [1.82, 2.24) is 5.32 Å². The number of hydrogen-bond donors (Lipinski definition) is 1. The van der Waals surface area contributed by atoms with E-state index in [1.165, 1.54) is 24.3 Å². The van der Waals surface area contributed by atoms with Crippen LogP contribution >= 0.6 is 0 Å². The van der Waals surface area contributed by atoms with Crippen LogP contribution in [-0.4, -0.2) is 23.3 Å². The molecule has 3 aromatic carbocycles. The number of benzene rings is 3. The third kappa shape index (κ3) is 5.90. The summed E-state index contributed by atoms with van der Waals surface area (Å²) in [4.78, 5) is 34.1. The van der Waals surface area contributed by atoms with Crippen LogP contribution < -0.4 is 10.1 Å². The molecule has 0 bridgehead atoms. The molecule has 30 heavy (non-hydrogen) atoms. The van der Waals surface area contributed by atoms with Crippen molar-refractivity contribution < 1.29 is 24.0 Å². The SMILES string of the molecule is O=C(CNC(=O)c1ccc(Oc2ccccc2)cc1)OCc1ccc([N+](=O)[O-])cc1. The first-order valence-corrected chi connectivity index (χ1v) is 9.01. The fourth-order valence-electron chi connectivity index (χ4n) is 2.48. The first-order chi connectivity index (χ1) is 14.5. The van der Waals surface area contributed by atoms with E-state index in [1.54, 1.807) is 24.3 Å². The maximum atomic E-state index is 12.2. The lowest BCUT2D eigenvalue weighted by atomic mass is 10.2. The maximum absolute atomic E-state index is 12.2. The van der Waals surface area contributed by atoms with Crippen LogP contribution in [0.1, 0.15) is 15.9 Å². The van der Waals surface area contributed by atoms with Gasteiger partial charge in [-0.3, -0.25) is 19.7 Å². The number of carbonyl (C=O) groups excluding carboxylic acids is 2. The topological polar surface area (TPSA) is 108 Å². The van der Waals surface area contributed by atoms with Gasteiger partial charge in [-0.15, -0.1) is 0 Å². The summed E-state index contributed by atoms with van der Waals surface area (Å²) in [6.45, 7) is -0.341. The van der Waals surface area contributed by atoms with Crippen LogP contribution in [0.25, 0.3) is 0 Å². The van der Waals surface area contributed by atoms with E-state index in [9.17, 15) is 19.7 Å². The van der Waals surface area contributed by atoms with Crippen LogP contribution in [0.5, 0.6) is 11.5 Å². The lowest BCUT2D eigenvalue weighted by Gasteiger charge is -2.08. The van der Waals surface area contributed by atoms with E-state index in [1.807, 2.05) is 30.3 Å². The van der Waals surface area contributed by atoms with Gasteiger partial charge in [-0.25, -0.2) is 0 Å². The zero-order chi connectivity index (χ0) is 21.3. The number of nitro groups is 1. The fourth-order valence-corrected chi connectivity index (χ4v) is 2.48. The molecule has 0 saturated carbocycles. The van der Waals surface area contributed by atoms with Gasteiger partial charge < -0.3 is 14.8 Å². The van der Waals surface area contributed by atoms with Crippen LogP contribution in [0.2, 0.25) is 0 Å². The first kappa shape index (κ1) is 20.5. The Hall–Kier alpha value is -4.20. The molecule has 1 amide bonds. The van der Waals surface area contributed by atoms with Crippen LogP contribution in [0.3, 0.4) is 0 Å². The van der Waals surface area contributed by atoms with Gasteiger partial charge in [-0.1, -0.05) is 18.2 Å². The van der Waals surface area contributed by atoms with Crippen molar-refractivity contribution in [2.24, 2.45) is 0 Å². The predicted octanol–water partition coefficient (Wildman–Crippen LogP) is 3.86. The number of rotatable bonds is 8. The summed E-state index contributed by atoms with van der Waals surface area (Å²) < 4.78 is 10.7. The molecule has 0 spiro atoms. The number of ether oxygens (including phenoxy) is 2. The fraction of sp³-hybridized carbons (Fsp3) is 0.0909. The van der Waals surface area contributed by atoms with E-state index in [2.05, 4.69) is 5.32 Å². The summed E-state index contributed by atoms with van der Waals surface area (Å²) in [5, 5.41) is 13.1. The molecule has 8 heteroatoms. The van der Waals surface area contributed by atoms with Crippen molar-refractivity contribution in [1.29, 1.82) is 0 Å². The molecule has 3 aromatic rings. The van der Waals surface area contributed by atoms with Crippen molar-refractivity contribution in [2.75, 3.05) is 6.54 Å². The molecule has 0 heterocycles. The van der Waals surface area contributed by atoms with Gasteiger partial charge in [0.25, 0.3) is 11.6 Å². The minimum absolute atomic E-state index is 0.0434. The van der Waals surface area contributed by atoms with Crippen molar-refractivity contribution in [3.8, 4) is 11.5 Å². The van der Waals surface area contributed by atoms with Crippen LogP contribution in [0.4, 0.5) is 5.69 Å². The Balaban J connectivity index is 1.44. The van der Waals surface area contributed by atoms with E-state index in [4.69, 9.17) is 9.47 Å². The van der Waals surface area contributed by atoms with Gasteiger partial charge >= 0.3 is 5.97 Å². The predicted molar refractivity (Wildman–Crippen MR) is 108 cm³/mol. The minimum Gasteiger partial charge on any atom is -0.460 e. The van der Waals surface area contributed by atoms with Gasteiger partial charge in [-0.2, -0.15) is 0 Å². The summed E-state index contributed by atoms with van der Waals surface area (Å²) in [6.07, 6.45) is 0. The molecule has 0 unspecified atom stereocenters. The summed E-state index contributed by atoms with van der Waals surface area (Å²) in [6, 6.07) is 21.4. The lowest BCUT2D eigenvalue weighted by Crippen LogP contribution is -2.30. The Kier molecular flexibility index (Phi) is 6.73. The number of esters is 1. The Morgan fingerprint density at radius 1 is 0.867 bits per heavy atom. The largest absolute Gasteiger partial charge is 0.460 e. The second kappa shape index (κ2) is 9.83. The van der Waals surface area contributed by atoms with Crippen molar-refractivity contribution >= 4 is 17.6 Å². The van der Waals surface area contributed by atoms with Crippen molar-refractivity contribution in [3.63, 3.8) is 0 Å². The van der Waals surface area contributed by atoms with Crippen LogP contribution in [-0.2, 0) is 16.1 Å². The zero-order valence-corrected chi connectivity index (χ0v) is 15.8. The van der Waals surface area contributed by atoms with E-state index in [-0.39, 0.29) is 18.8 Å². The second-order valence-corrected chi connectivity index (χ2v) is 6.21. The standard InChI is InChI=1S/C22H18N2O6/c25-21(29-15-16-6-10-18(11-7-16)24(27)28)14-23-22(26)17-8-12-20(13-9-17)30-19-4-2-1-3-5-19/h1-13H,14-15H2,(H,23,26). The lowest BCUT2D eigenvalue weighted by molar-refractivity contribution is -0.384. The Morgan fingerprint density at radius 2 is 1.50 bits per heavy atom. The van der Waals surface area contributed by atoms with Crippen LogP contribution in [0.15, 0.2) is 78.9 Å². The molecule has 0 aliphatic heterocycles. The molecule has 8 nitrogen and oxygen atoms in total. The van der Waals surface area contributed by atoms with Gasteiger partial charge in [0.15, 0.2) is 0 Å². The number of hydrogen-bond acceptors (Lipinski definition) is 6. The molecule has 3 rings (SSSR count). The zero-order valence-electron chi connectivity index (χ0n) is 15.8. The highest BCUT2D eigenvalue weighted by Crippen LogP contribution is 2.21. The monoisotopic (exact) mass is 406 g/mol. The van der Waals surface area contributed by atoms with Gasteiger partial charge in [0, 0.05) is 17.7 Å². The summed E-state index contributed by atoms with van der Waals surface area (Å²) in [5.74, 6) is 0.227. The smallest absolute Gasteiger partial charge is 0.325 e. The highest BCUT2D eigenvalue weighted by molar-refractivity contribution is 5.96. The number of nitrogens with one attached hydrogen (secondary N) is 1. The summed E-state index contributed by atoms with van der Waals surface area (Å²) in [7, 11) is 0. The number of carbonyl (C=O) groups is 2. The van der Waals surface area contributed by atoms with Crippen molar-refractivity contribution in [2.45, 2.75) is 6.61 Å². The number of amides is 1. The second-order valence-electron chi connectivity index (χ2n) is 6.21. The van der Waals surface area contributed by atoms with E-state index in [0.717, 1.165) is 0 Å². The third-order valence-electron chi connectivity index (χ3n) is 4.04. The molecule has 152 valence electrons. The summed E-state index contributed by atoms with van der Waals surface area (Å²) in [5.41, 5.74) is 0.936. The molecule has 0 atom stereocenters. The molecule has 1 N–H and O–H groups in total. The molecule has 0 radical (unpaired) electrons. The number of nitrogens with zero attached hydrogens (tertiary/aromatic N) is 1. The Bertz CT molecular complexity index is 1020. The van der Waals surface area contributed by atoms with Gasteiger partial charge in [-0.05, 0) is 54.1 Å². The molecule has 0 fully saturated rings. The molecular weight excluding hydrogens is 388 g/mol. The molecule has 0 aliphatic carbocycles. The van der Waals surface area contributed by atoms with Crippen molar-refractivity contribution in [3.05, 3.63) is 100 Å².